The summed E-state index contributed by atoms with van der Waals surface area (Å²) in [6.07, 6.45) is 4.71. The first kappa shape index (κ1) is 20.0. The van der Waals surface area contributed by atoms with Crippen LogP contribution in [0.3, 0.4) is 0 Å². The summed E-state index contributed by atoms with van der Waals surface area (Å²) in [6, 6.07) is 10.6. The third kappa shape index (κ3) is 3.90. The first-order chi connectivity index (χ1) is 13.7. The molecule has 3 atom stereocenters. The summed E-state index contributed by atoms with van der Waals surface area (Å²) in [6.45, 7) is 5.58. The third-order valence-electron chi connectivity index (χ3n) is 6.64. The molecule has 0 unspecified atom stereocenters. The van der Waals surface area contributed by atoms with Gasteiger partial charge in [-0.2, -0.15) is 0 Å². The van der Waals surface area contributed by atoms with E-state index in [1.54, 1.807) is 25.1 Å². The van der Waals surface area contributed by atoms with Gasteiger partial charge in [-0.25, -0.2) is 8.42 Å². The van der Waals surface area contributed by atoms with Crippen molar-refractivity contribution in [2.75, 3.05) is 4.72 Å². The summed E-state index contributed by atoms with van der Waals surface area (Å²) in [5.74, 6) is 1.12. The molecule has 0 spiro atoms. The van der Waals surface area contributed by atoms with Crippen LogP contribution in [0.4, 0.5) is 5.69 Å². The fourth-order valence-corrected chi connectivity index (χ4v) is 6.16. The minimum atomic E-state index is -3.80. The van der Waals surface area contributed by atoms with Crippen molar-refractivity contribution in [3.8, 4) is 0 Å². The van der Waals surface area contributed by atoms with Crippen LogP contribution in [0.2, 0.25) is 0 Å². The van der Waals surface area contributed by atoms with Crippen LogP contribution in [-0.4, -0.2) is 20.4 Å². The molecule has 2 aliphatic carbocycles. The predicted octanol–water partition coefficient (Wildman–Crippen LogP) is 4.33. The number of fused-ring (bicyclic) bond motifs is 2. The molecule has 0 radical (unpaired) electrons. The van der Waals surface area contributed by atoms with E-state index in [9.17, 15) is 13.2 Å². The van der Waals surface area contributed by atoms with Gasteiger partial charge in [0.25, 0.3) is 15.9 Å². The van der Waals surface area contributed by atoms with Crippen molar-refractivity contribution in [3.05, 3.63) is 58.7 Å². The van der Waals surface area contributed by atoms with Crippen molar-refractivity contribution in [2.45, 2.75) is 57.4 Å². The highest BCUT2D eigenvalue weighted by atomic mass is 32.2. The van der Waals surface area contributed by atoms with E-state index in [1.807, 2.05) is 26.0 Å². The van der Waals surface area contributed by atoms with Crippen LogP contribution in [0.5, 0.6) is 0 Å². The van der Waals surface area contributed by atoms with E-state index in [4.69, 9.17) is 0 Å². The molecule has 1 amide bonds. The van der Waals surface area contributed by atoms with Gasteiger partial charge in [-0.3, -0.25) is 9.52 Å². The Morgan fingerprint density at radius 1 is 1.00 bits per heavy atom. The van der Waals surface area contributed by atoms with Crippen molar-refractivity contribution in [3.63, 3.8) is 0 Å². The molecule has 5 nitrogen and oxygen atoms in total. The summed E-state index contributed by atoms with van der Waals surface area (Å²) in [7, 11) is -3.80. The summed E-state index contributed by atoms with van der Waals surface area (Å²) in [5, 5.41) is 3.14. The fraction of sp³-hybridized carbons (Fsp3) is 0.435. The van der Waals surface area contributed by atoms with Crippen LogP contribution in [0.1, 0.15) is 52.7 Å². The maximum Gasteiger partial charge on any atom is 0.262 e. The van der Waals surface area contributed by atoms with Crippen LogP contribution < -0.4 is 10.0 Å². The van der Waals surface area contributed by atoms with Gasteiger partial charge in [0.05, 0.1) is 10.6 Å². The summed E-state index contributed by atoms with van der Waals surface area (Å²) < 4.78 is 28.8. The van der Waals surface area contributed by atoms with Gasteiger partial charge in [0, 0.05) is 11.6 Å². The van der Waals surface area contributed by atoms with E-state index in [0.717, 1.165) is 23.5 Å². The smallest absolute Gasteiger partial charge is 0.262 e. The molecule has 2 aromatic rings. The molecule has 2 aromatic carbocycles. The van der Waals surface area contributed by atoms with E-state index in [2.05, 4.69) is 10.0 Å². The maximum atomic E-state index is 13.1. The predicted molar refractivity (Wildman–Crippen MR) is 115 cm³/mol. The number of benzene rings is 2. The normalized spacial score (nSPS) is 23.2. The van der Waals surface area contributed by atoms with Gasteiger partial charge in [0.2, 0.25) is 0 Å². The van der Waals surface area contributed by atoms with Gasteiger partial charge in [0.1, 0.15) is 0 Å². The summed E-state index contributed by atoms with van der Waals surface area (Å²) in [5.41, 5.74) is 3.46. The van der Waals surface area contributed by atoms with Crippen molar-refractivity contribution in [1.29, 1.82) is 0 Å². The zero-order chi connectivity index (χ0) is 20.8. The Hall–Kier alpha value is -2.34. The average Bonchev–Trinajstić information content (AvgIpc) is 3.28. The second-order valence-corrected chi connectivity index (χ2v) is 10.2. The fourth-order valence-electron chi connectivity index (χ4n) is 4.77. The van der Waals surface area contributed by atoms with E-state index < -0.39 is 10.0 Å². The highest BCUT2D eigenvalue weighted by molar-refractivity contribution is 7.92. The molecule has 0 aliphatic heterocycles. The second-order valence-electron chi connectivity index (χ2n) is 8.59. The van der Waals surface area contributed by atoms with Crippen LogP contribution in [0, 0.1) is 32.6 Å². The monoisotopic (exact) mass is 412 g/mol. The lowest BCUT2D eigenvalue weighted by molar-refractivity contribution is 0.0922. The highest BCUT2D eigenvalue weighted by Crippen LogP contribution is 2.44. The van der Waals surface area contributed by atoms with Crippen molar-refractivity contribution in [1.82, 2.24) is 5.32 Å². The molecule has 2 N–H and O–H groups in total. The van der Waals surface area contributed by atoms with E-state index >= 15 is 0 Å². The Kier molecular flexibility index (Phi) is 5.15. The van der Waals surface area contributed by atoms with Crippen LogP contribution >= 0.6 is 0 Å². The van der Waals surface area contributed by atoms with E-state index in [-0.39, 0.29) is 16.8 Å². The molecule has 29 heavy (non-hydrogen) atoms. The zero-order valence-corrected chi connectivity index (χ0v) is 18.0. The van der Waals surface area contributed by atoms with Crippen LogP contribution in [-0.2, 0) is 10.0 Å². The van der Waals surface area contributed by atoms with E-state index in [0.29, 0.717) is 22.7 Å². The molecular weight excluding hydrogens is 384 g/mol. The van der Waals surface area contributed by atoms with Crippen LogP contribution in [0.15, 0.2) is 41.3 Å². The van der Waals surface area contributed by atoms with E-state index in [1.165, 1.54) is 25.3 Å². The van der Waals surface area contributed by atoms with Gasteiger partial charge in [-0.15, -0.1) is 0 Å². The Bertz CT molecular complexity index is 1060. The largest absolute Gasteiger partial charge is 0.349 e. The Labute approximate surface area is 173 Å². The molecule has 2 saturated carbocycles. The quantitative estimate of drug-likeness (QED) is 0.767. The number of carbonyl (C=O) groups is 1. The number of hydrogen-bond acceptors (Lipinski definition) is 3. The number of nitrogens with one attached hydrogen (secondary N) is 2. The van der Waals surface area contributed by atoms with Crippen molar-refractivity contribution in [2.24, 2.45) is 11.8 Å². The summed E-state index contributed by atoms with van der Waals surface area (Å²) >= 11 is 0. The standard InChI is InChI=1S/C23H28N2O3S/c1-14-5-4-6-20(16(14)3)25-29(27,28)22-13-19(9-7-15(22)2)23(26)24-21-12-17-8-10-18(21)11-17/h4-7,9,13,17-18,21,25H,8,10-12H2,1-3H3,(H,24,26)/t17-,18+,21+/m1/s1. The first-order valence-corrected chi connectivity index (χ1v) is 11.7. The van der Waals surface area contributed by atoms with Crippen molar-refractivity contribution < 1.29 is 13.2 Å². The molecule has 4 rings (SSSR count). The number of carbonyl (C=O) groups excluding carboxylic acids is 1. The molecule has 2 fully saturated rings. The Balaban J connectivity index is 1.57. The van der Waals surface area contributed by atoms with Gasteiger partial charge in [-0.05, 0) is 86.8 Å². The molecule has 2 bridgehead atoms. The second kappa shape index (κ2) is 7.48. The molecular formula is C23H28N2O3S. The van der Waals surface area contributed by atoms with Crippen molar-refractivity contribution >= 4 is 21.6 Å². The molecule has 0 heterocycles. The number of rotatable bonds is 5. The minimum Gasteiger partial charge on any atom is -0.349 e. The number of sulfonamides is 1. The molecule has 0 saturated heterocycles. The van der Waals surface area contributed by atoms with Gasteiger partial charge >= 0.3 is 0 Å². The van der Waals surface area contributed by atoms with Gasteiger partial charge < -0.3 is 5.32 Å². The first-order valence-electron chi connectivity index (χ1n) is 10.2. The number of anilines is 1. The minimum absolute atomic E-state index is 0.138. The zero-order valence-electron chi connectivity index (χ0n) is 17.2. The molecule has 154 valence electrons. The lowest BCUT2D eigenvalue weighted by atomic mass is 9.95. The lowest BCUT2D eigenvalue weighted by Crippen LogP contribution is -2.38. The van der Waals surface area contributed by atoms with Crippen LogP contribution in [0.25, 0.3) is 0 Å². The SMILES string of the molecule is Cc1ccc(C(=O)N[C@H]2C[C@@H]3CC[C@H]2C3)cc1S(=O)(=O)Nc1cccc(C)c1C. The topological polar surface area (TPSA) is 75.3 Å². The molecule has 2 aliphatic rings. The molecule has 0 aromatic heterocycles. The molecule has 6 heteroatoms. The number of hydrogen-bond donors (Lipinski definition) is 2. The summed E-state index contributed by atoms with van der Waals surface area (Å²) in [4.78, 5) is 12.9. The Morgan fingerprint density at radius 3 is 2.48 bits per heavy atom. The lowest BCUT2D eigenvalue weighted by Gasteiger charge is -2.23. The highest BCUT2D eigenvalue weighted by Gasteiger charge is 2.40. The van der Waals surface area contributed by atoms with Gasteiger partial charge in [-0.1, -0.05) is 24.6 Å². The third-order valence-corrected chi connectivity index (χ3v) is 8.15. The maximum absolute atomic E-state index is 13.1. The Morgan fingerprint density at radius 2 is 1.79 bits per heavy atom. The van der Waals surface area contributed by atoms with Gasteiger partial charge in [0.15, 0.2) is 0 Å². The average molecular weight is 413 g/mol. The number of aryl methyl sites for hydroxylation is 2. The number of amides is 1.